The van der Waals surface area contributed by atoms with Crippen molar-refractivity contribution in [1.82, 2.24) is 15.3 Å². The molecule has 0 saturated carbocycles. The second-order valence-corrected chi connectivity index (χ2v) is 4.14. The van der Waals surface area contributed by atoms with Gasteiger partial charge in [0.05, 0.1) is 0 Å². The Hall–Kier alpha value is -1.04. The van der Waals surface area contributed by atoms with Gasteiger partial charge in [-0.2, -0.15) is 0 Å². The van der Waals surface area contributed by atoms with Crippen LogP contribution in [-0.2, 0) is 13.0 Å². The number of hydrogen-bond donors (Lipinski definition) is 1. The third-order valence-corrected chi connectivity index (χ3v) is 2.96. The minimum Gasteiger partial charge on any atom is -0.312 e. The van der Waals surface area contributed by atoms with Crippen molar-refractivity contribution in [2.75, 3.05) is 6.54 Å². The Morgan fingerprint density at radius 2 is 2.00 bits per heavy atom. The number of nitrogens with one attached hydrogen (secondary N) is 1. The molecule has 104 valence electrons. The van der Waals surface area contributed by atoms with Crippen molar-refractivity contribution in [3.05, 3.63) is 35.2 Å². The van der Waals surface area contributed by atoms with E-state index in [0.29, 0.717) is 11.0 Å². The largest absolute Gasteiger partial charge is 0.312 e. The fourth-order valence-electron chi connectivity index (χ4n) is 2.08. The predicted octanol–water partition coefficient (Wildman–Crippen LogP) is 3.06. The van der Waals surface area contributed by atoms with E-state index < -0.39 is 6.43 Å². The van der Waals surface area contributed by atoms with Gasteiger partial charge >= 0.3 is 0 Å². The molecule has 0 radical (unpaired) electrons. The van der Waals surface area contributed by atoms with Gasteiger partial charge in [0, 0.05) is 42.4 Å². The lowest BCUT2D eigenvalue weighted by molar-refractivity contribution is 0.151. The lowest BCUT2D eigenvalue weighted by atomic mass is 10.1. The van der Waals surface area contributed by atoms with Crippen molar-refractivity contribution in [3.8, 4) is 0 Å². The summed E-state index contributed by atoms with van der Waals surface area (Å²) in [4.78, 5) is 8.42. The maximum atomic E-state index is 12.6. The maximum Gasteiger partial charge on any atom is 0.265 e. The van der Waals surface area contributed by atoms with Crippen LogP contribution in [0.4, 0.5) is 8.78 Å². The van der Waals surface area contributed by atoms with Crippen LogP contribution in [0.15, 0.2) is 18.3 Å². The average Bonchev–Trinajstić information content (AvgIpc) is 2.35. The molecule has 0 fully saturated rings. The molecule has 0 aliphatic carbocycles. The van der Waals surface area contributed by atoms with Crippen LogP contribution in [0.1, 0.15) is 23.2 Å². The van der Waals surface area contributed by atoms with Crippen LogP contribution in [0.3, 0.4) is 0 Å². The van der Waals surface area contributed by atoms with Crippen LogP contribution in [0.25, 0.3) is 11.0 Å². The van der Waals surface area contributed by atoms with Gasteiger partial charge in [-0.3, -0.25) is 0 Å². The van der Waals surface area contributed by atoms with E-state index in [1.165, 1.54) is 12.3 Å². The fraction of sp³-hybridized carbons (Fsp3) is 0.333. The van der Waals surface area contributed by atoms with Crippen molar-refractivity contribution in [3.63, 3.8) is 0 Å². The predicted molar refractivity (Wildman–Crippen MR) is 74.4 cm³/mol. The Morgan fingerprint density at radius 1 is 1.21 bits per heavy atom. The summed E-state index contributed by atoms with van der Waals surface area (Å²) in [7, 11) is 0. The van der Waals surface area contributed by atoms with E-state index in [4.69, 9.17) is 0 Å². The molecule has 3 nitrogen and oxygen atoms in total. The highest BCUT2D eigenvalue weighted by atomic mass is 35.5. The van der Waals surface area contributed by atoms with Crippen molar-refractivity contribution >= 4 is 35.8 Å². The van der Waals surface area contributed by atoms with Crippen molar-refractivity contribution in [2.45, 2.75) is 19.4 Å². The number of alkyl halides is 2. The van der Waals surface area contributed by atoms with Crippen molar-refractivity contribution in [1.29, 1.82) is 0 Å². The van der Waals surface area contributed by atoms with Crippen LogP contribution in [0.2, 0.25) is 0 Å². The van der Waals surface area contributed by atoms with E-state index in [1.807, 2.05) is 6.07 Å². The summed E-state index contributed by atoms with van der Waals surface area (Å²) in [5.74, 6) is 0. The smallest absolute Gasteiger partial charge is 0.265 e. The molecular weight excluding hydrogens is 295 g/mol. The summed E-state index contributed by atoms with van der Waals surface area (Å²) in [6.45, 7) is 1.65. The van der Waals surface area contributed by atoms with Gasteiger partial charge in [0.25, 0.3) is 6.43 Å². The Balaban J connectivity index is 0.000000902. The number of pyridine rings is 2. The first-order valence-electron chi connectivity index (χ1n) is 5.51. The molecule has 0 unspecified atom stereocenters. The number of rotatable bonds is 1. The van der Waals surface area contributed by atoms with Crippen LogP contribution in [0, 0.1) is 0 Å². The molecule has 0 saturated heterocycles. The minimum absolute atomic E-state index is 0. The van der Waals surface area contributed by atoms with Gasteiger partial charge in [-0.25, -0.2) is 18.7 Å². The molecule has 0 bridgehead atoms. The van der Waals surface area contributed by atoms with Gasteiger partial charge in [0.1, 0.15) is 0 Å². The number of fused-ring (bicyclic) bond motifs is 2. The molecule has 2 aromatic rings. The van der Waals surface area contributed by atoms with Gasteiger partial charge in [-0.15, -0.1) is 24.8 Å². The normalized spacial score (nSPS) is 13.6. The Morgan fingerprint density at radius 3 is 2.74 bits per heavy atom. The van der Waals surface area contributed by atoms with Crippen molar-refractivity contribution < 1.29 is 8.78 Å². The Labute approximate surface area is 121 Å². The van der Waals surface area contributed by atoms with E-state index in [-0.39, 0.29) is 30.4 Å². The molecule has 0 atom stereocenters. The van der Waals surface area contributed by atoms with E-state index >= 15 is 0 Å². The second-order valence-electron chi connectivity index (χ2n) is 4.14. The third-order valence-electron chi connectivity index (χ3n) is 2.96. The zero-order valence-electron chi connectivity index (χ0n) is 9.90. The molecule has 7 heteroatoms. The number of aromatic nitrogens is 2. The number of hydrogen-bond acceptors (Lipinski definition) is 3. The molecule has 3 rings (SSSR count). The highest BCUT2D eigenvalue weighted by Crippen LogP contribution is 2.23. The third kappa shape index (κ3) is 3.11. The van der Waals surface area contributed by atoms with Gasteiger partial charge < -0.3 is 5.32 Å². The van der Waals surface area contributed by atoms with Crippen LogP contribution >= 0.6 is 24.8 Å². The summed E-state index contributed by atoms with van der Waals surface area (Å²) in [6, 6.07) is 3.37. The van der Waals surface area contributed by atoms with Crippen molar-refractivity contribution in [2.24, 2.45) is 0 Å². The molecule has 1 aliphatic heterocycles. The Bertz CT molecular complexity index is 578. The molecular formula is C12H13Cl2F2N3. The first-order chi connectivity index (χ1) is 8.24. The monoisotopic (exact) mass is 307 g/mol. The summed E-state index contributed by atoms with van der Waals surface area (Å²) in [5, 5.41) is 3.92. The molecule has 0 aromatic carbocycles. The van der Waals surface area contributed by atoms with Gasteiger partial charge in [-0.1, -0.05) is 0 Å². The van der Waals surface area contributed by atoms with E-state index in [9.17, 15) is 8.78 Å². The van der Waals surface area contributed by atoms with Crippen LogP contribution in [0.5, 0.6) is 0 Å². The molecule has 0 spiro atoms. The van der Waals surface area contributed by atoms with Gasteiger partial charge in [0.15, 0.2) is 5.65 Å². The quantitative estimate of drug-likeness (QED) is 0.880. The summed E-state index contributed by atoms with van der Waals surface area (Å²) >= 11 is 0. The zero-order chi connectivity index (χ0) is 11.8. The molecule has 19 heavy (non-hydrogen) atoms. The van der Waals surface area contributed by atoms with E-state index in [2.05, 4.69) is 15.3 Å². The fourth-order valence-corrected chi connectivity index (χ4v) is 2.08. The lowest BCUT2D eigenvalue weighted by Gasteiger charge is -2.16. The van der Waals surface area contributed by atoms with Gasteiger partial charge in [0.2, 0.25) is 0 Å². The molecule has 0 amide bonds. The molecule has 2 aromatic heterocycles. The minimum atomic E-state index is -2.49. The summed E-state index contributed by atoms with van der Waals surface area (Å²) in [5.41, 5.74) is 2.60. The van der Waals surface area contributed by atoms with E-state index in [1.54, 1.807) is 0 Å². The highest BCUT2D eigenvalue weighted by Gasteiger charge is 2.14. The first kappa shape index (κ1) is 16.0. The first-order valence-corrected chi connectivity index (χ1v) is 5.51. The summed E-state index contributed by atoms with van der Waals surface area (Å²) < 4.78 is 25.1. The maximum absolute atomic E-state index is 12.6. The summed E-state index contributed by atoms with van der Waals surface area (Å²) in [6.07, 6.45) is -0.419. The highest BCUT2D eigenvalue weighted by molar-refractivity contribution is 5.85. The Kier molecular flexibility index (Phi) is 5.40. The molecule has 3 heterocycles. The second kappa shape index (κ2) is 6.41. The molecule has 1 aliphatic rings. The van der Waals surface area contributed by atoms with Crippen LogP contribution < -0.4 is 5.32 Å². The van der Waals surface area contributed by atoms with Crippen LogP contribution in [-0.4, -0.2) is 16.5 Å². The number of halogens is 4. The molecule has 1 N–H and O–H groups in total. The zero-order valence-corrected chi connectivity index (χ0v) is 11.5. The number of nitrogens with zero attached hydrogens (tertiary/aromatic N) is 2. The standard InChI is InChI=1S/C12H11F2N3.2ClH/c13-11(14)9-4-7-3-8-5-15-2-1-10(8)17-12(7)16-6-9;;/h3-4,6,11,15H,1-2,5H2;2*1H. The topological polar surface area (TPSA) is 37.8 Å². The lowest BCUT2D eigenvalue weighted by Crippen LogP contribution is -2.24. The average molecular weight is 308 g/mol. The van der Waals surface area contributed by atoms with E-state index in [0.717, 1.165) is 30.8 Å². The van der Waals surface area contributed by atoms with Gasteiger partial charge in [-0.05, 0) is 17.7 Å². The SMILES string of the molecule is Cl.Cl.FC(F)c1cnc2nc3c(cc2c1)CNCC3.